The van der Waals surface area contributed by atoms with E-state index in [9.17, 15) is 8.42 Å². The number of likely N-dealkylation sites (tertiary alicyclic amines) is 1. The average molecular weight is 382 g/mol. The highest BCUT2D eigenvalue weighted by molar-refractivity contribution is 7.91. The Morgan fingerprint density at radius 1 is 1.38 bits per heavy atom. The van der Waals surface area contributed by atoms with Crippen LogP contribution in [0.4, 0.5) is 0 Å². The molecule has 2 saturated heterocycles. The first-order valence-corrected chi connectivity index (χ1v) is 11.5. The Morgan fingerprint density at radius 3 is 2.88 bits per heavy atom. The Bertz CT molecular complexity index is 701. The lowest BCUT2D eigenvalue weighted by Crippen LogP contribution is -2.49. The molecule has 26 heavy (non-hydrogen) atoms. The number of aromatic nitrogens is 2. The summed E-state index contributed by atoms with van der Waals surface area (Å²) < 4.78 is 25.6. The van der Waals surface area contributed by atoms with E-state index in [0.717, 1.165) is 44.9 Å². The monoisotopic (exact) mass is 381 g/mol. The Labute approximate surface area is 156 Å². The zero-order chi connectivity index (χ0) is 18.6. The lowest BCUT2D eigenvalue weighted by atomic mass is 9.93. The van der Waals surface area contributed by atoms with Crippen molar-refractivity contribution in [1.82, 2.24) is 19.8 Å². The smallest absolute Gasteiger partial charge is 0.194 e. The van der Waals surface area contributed by atoms with Gasteiger partial charge in [-0.05, 0) is 31.1 Å². The normalized spacial score (nSPS) is 29.1. The molecule has 2 aliphatic rings. The topological polar surface area (TPSA) is 79.6 Å². The first-order chi connectivity index (χ1) is 12.5. The van der Waals surface area contributed by atoms with Gasteiger partial charge in [-0.15, -0.1) is 0 Å². The van der Waals surface area contributed by atoms with E-state index in [4.69, 9.17) is 4.99 Å². The molecule has 2 fully saturated rings. The molecule has 0 radical (unpaired) electrons. The lowest BCUT2D eigenvalue weighted by Gasteiger charge is -2.39. The van der Waals surface area contributed by atoms with E-state index >= 15 is 0 Å². The van der Waals surface area contributed by atoms with Gasteiger partial charge in [0, 0.05) is 38.6 Å². The summed E-state index contributed by atoms with van der Waals surface area (Å²) >= 11 is 0. The summed E-state index contributed by atoms with van der Waals surface area (Å²) in [5.74, 6) is 2.27. The van der Waals surface area contributed by atoms with Gasteiger partial charge in [-0.1, -0.05) is 13.8 Å². The maximum Gasteiger partial charge on any atom is 0.194 e. The molecule has 0 saturated carbocycles. The molecule has 0 aliphatic carbocycles. The van der Waals surface area contributed by atoms with Gasteiger partial charge in [-0.25, -0.2) is 13.4 Å². The summed E-state index contributed by atoms with van der Waals surface area (Å²) in [7, 11) is -2.84. The SMILES string of the molecule is CCCNC(=NCC1CCS(=O)(=O)C1)N1CCC(C)C(n2ccnc2)C1. The van der Waals surface area contributed by atoms with Crippen LogP contribution in [-0.2, 0) is 9.84 Å². The zero-order valence-electron chi connectivity index (χ0n) is 15.8. The van der Waals surface area contributed by atoms with Crippen molar-refractivity contribution < 1.29 is 8.42 Å². The van der Waals surface area contributed by atoms with Crippen LogP contribution in [0.15, 0.2) is 23.7 Å². The van der Waals surface area contributed by atoms with Crippen LogP contribution >= 0.6 is 0 Å². The number of sulfone groups is 1. The standard InChI is InChI=1S/C18H31N5O2S/c1-3-6-20-18(21-11-16-5-10-26(24,25)13-16)22-8-4-15(2)17(12-22)23-9-7-19-14-23/h7,9,14-17H,3-6,8,10-13H2,1-2H3,(H,20,21). The molecule has 0 amide bonds. The van der Waals surface area contributed by atoms with Crippen molar-refractivity contribution in [2.75, 3.05) is 37.7 Å². The molecule has 0 bridgehead atoms. The molecule has 1 aromatic heterocycles. The van der Waals surface area contributed by atoms with Crippen LogP contribution in [0.3, 0.4) is 0 Å². The number of hydrogen-bond acceptors (Lipinski definition) is 4. The quantitative estimate of drug-likeness (QED) is 0.618. The van der Waals surface area contributed by atoms with Crippen LogP contribution in [0.5, 0.6) is 0 Å². The van der Waals surface area contributed by atoms with E-state index < -0.39 is 9.84 Å². The van der Waals surface area contributed by atoms with Gasteiger partial charge < -0.3 is 14.8 Å². The number of rotatable bonds is 5. The van der Waals surface area contributed by atoms with Crippen LogP contribution in [0.1, 0.15) is 39.2 Å². The van der Waals surface area contributed by atoms with E-state index in [1.165, 1.54) is 0 Å². The first-order valence-electron chi connectivity index (χ1n) is 9.69. The summed E-state index contributed by atoms with van der Waals surface area (Å²) in [6.45, 7) is 7.78. The second kappa shape index (κ2) is 8.41. The third-order valence-electron chi connectivity index (χ3n) is 5.49. The highest BCUT2D eigenvalue weighted by Crippen LogP contribution is 2.27. The van der Waals surface area contributed by atoms with Gasteiger partial charge in [0.1, 0.15) is 0 Å². The molecule has 3 heterocycles. The van der Waals surface area contributed by atoms with Gasteiger partial charge in [-0.3, -0.25) is 4.99 Å². The van der Waals surface area contributed by atoms with Gasteiger partial charge in [0.15, 0.2) is 15.8 Å². The molecule has 146 valence electrons. The molecule has 1 N–H and O–H groups in total. The second-order valence-electron chi connectivity index (χ2n) is 7.65. The fraction of sp³-hybridized carbons (Fsp3) is 0.778. The van der Waals surface area contributed by atoms with Gasteiger partial charge in [0.2, 0.25) is 0 Å². The molecule has 2 aliphatic heterocycles. The average Bonchev–Trinajstić information content (AvgIpc) is 3.25. The number of imidazole rings is 1. The van der Waals surface area contributed by atoms with E-state index in [1.54, 1.807) is 0 Å². The molecule has 3 unspecified atom stereocenters. The summed E-state index contributed by atoms with van der Waals surface area (Å²) in [5.41, 5.74) is 0. The maximum absolute atomic E-state index is 11.7. The van der Waals surface area contributed by atoms with Crippen LogP contribution < -0.4 is 5.32 Å². The third kappa shape index (κ3) is 4.78. The van der Waals surface area contributed by atoms with E-state index in [0.29, 0.717) is 24.3 Å². The Kier molecular flexibility index (Phi) is 6.21. The van der Waals surface area contributed by atoms with Gasteiger partial charge in [0.25, 0.3) is 0 Å². The van der Waals surface area contributed by atoms with E-state index in [-0.39, 0.29) is 11.7 Å². The van der Waals surface area contributed by atoms with Crippen molar-refractivity contribution in [1.29, 1.82) is 0 Å². The number of nitrogens with zero attached hydrogens (tertiary/aromatic N) is 4. The second-order valence-corrected chi connectivity index (χ2v) is 9.88. The zero-order valence-corrected chi connectivity index (χ0v) is 16.7. The number of nitrogens with one attached hydrogen (secondary N) is 1. The van der Waals surface area contributed by atoms with Crippen LogP contribution in [0, 0.1) is 11.8 Å². The summed E-state index contributed by atoms with van der Waals surface area (Å²) in [5, 5.41) is 3.47. The summed E-state index contributed by atoms with van der Waals surface area (Å²) in [6, 6.07) is 0.381. The van der Waals surface area contributed by atoms with E-state index in [1.807, 2.05) is 18.7 Å². The number of guanidine groups is 1. The molecule has 7 nitrogen and oxygen atoms in total. The van der Waals surface area contributed by atoms with Crippen molar-refractivity contribution >= 4 is 15.8 Å². The molecular weight excluding hydrogens is 350 g/mol. The van der Waals surface area contributed by atoms with Crippen LogP contribution in [0.2, 0.25) is 0 Å². The van der Waals surface area contributed by atoms with Crippen molar-refractivity contribution in [3.63, 3.8) is 0 Å². The number of piperidine rings is 1. The highest BCUT2D eigenvalue weighted by Gasteiger charge is 2.30. The molecule has 1 aromatic rings. The van der Waals surface area contributed by atoms with Crippen molar-refractivity contribution in [3.8, 4) is 0 Å². The Balaban J connectivity index is 1.69. The molecular formula is C18H31N5O2S. The lowest BCUT2D eigenvalue weighted by molar-refractivity contribution is 0.188. The van der Waals surface area contributed by atoms with Gasteiger partial charge in [0.05, 0.1) is 23.9 Å². The summed E-state index contributed by atoms with van der Waals surface area (Å²) in [4.78, 5) is 11.3. The van der Waals surface area contributed by atoms with Crippen molar-refractivity contribution in [2.45, 2.75) is 39.2 Å². The van der Waals surface area contributed by atoms with Crippen LogP contribution in [-0.4, -0.2) is 66.5 Å². The molecule has 0 spiro atoms. The van der Waals surface area contributed by atoms with E-state index in [2.05, 4.69) is 33.6 Å². The predicted molar refractivity (Wildman–Crippen MR) is 104 cm³/mol. The largest absolute Gasteiger partial charge is 0.356 e. The molecule has 8 heteroatoms. The molecule has 0 aromatic carbocycles. The number of aliphatic imine (C=N–C) groups is 1. The fourth-order valence-corrected chi connectivity index (χ4v) is 5.68. The minimum atomic E-state index is -2.84. The highest BCUT2D eigenvalue weighted by atomic mass is 32.2. The predicted octanol–water partition coefficient (Wildman–Crippen LogP) is 1.56. The third-order valence-corrected chi connectivity index (χ3v) is 7.32. The summed E-state index contributed by atoms with van der Waals surface area (Å²) in [6.07, 6.45) is 8.63. The minimum absolute atomic E-state index is 0.159. The van der Waals surface area contributed by atoms with Gasteiger partial charge in [-0.2, -0.15) is 0 Å². The number of hydrogen-bond donors (Lipinski definition) is 1. The Morgan fingerprint density at radius 2 is 2.23 bits per heavy atom. The maximum atomic E-state index is 11.7. The minimum Gasteiger partial charge on any atom is -0.356 e. The van der Waals surface area contributed by atoms with Crippen molar-refractivity contribution in [3.05, 3.63) is 18.7 Å². The van der Waals surface area contributed by atoms with Crippen LogP contribution in [0.25, 0.3) is 0 Å². The Hall–Kier alpha value is -1.57. The molecule has 3 rings (SSSR count). The first kappa shape index (κ1) is 19.2. The fourth-order valence-electron chi connectivity index (χ4n) is 3.83. The van der Waals surface area contributed by atoms with Crippen molar-refractivity contribution in [2.24, 2.45) is 16.8 Å². The molecule has 3 atom stereocenters. The van der Waals surface area contributed by atoms with Gasteiger partial charge >= 0.3 is 0 Å².